The Hall–Kier alpha value is -0.760. The second-order valence-corrected chi connectivity index (χ2v) is 7.17. The molecular formula is C13H12Cl2N2OS. The normalized spacial score (nSPS) is 19.8. The summed E-state index contributed by atoms with van der Waals surface area (Å²) in [6, 6.07) is 3.69. The minimum atomic E-state index is -0.617. The molecule has 0 aliphatic heterocycles. The SMILES string of the molecule is CC(=O)c1cc(C#N)c(SC[C@@H]2CC2(Cl)Cl)nc1C. The first-order valence-electron chi connectivity index (χ1n) is 5.78. The van der Waals surface area contributed by atoms with Crippen molar-refractivity contribution in [3.8, 4) is 6.07 Å². The van der Waals surface area contributed by atoms with E-state index >= 15 is 0 Å². The molecule has 1 saturated carbocycles. The quantitative estimate of drug-likeness (QED) is 0.482. The van der Waals surface area contributed by atoms with Crippen LogP contribution in [0.3, 0.4) is 0 Å². The summed E-state index contributed by atoms with van der Waals surface area (Å²) in [4.78, 5) is 15.8. The number of aromatic nitrogens is 1. The number of ketones is 1. The number of nitriles is 1. The molecule has 1 aromatic rings. The number of aryl methyl sites for hydroxylation is 1. The average molecular weight is 315 g/mol. The summed E-state index contributed by atoms with van der Waals surface area (Å²) in [6.45, 7) is 3.24. The zero-order valence-corrected chi connectivity index (χ0v) is 12.9. The molecule has 1 aromatic heterocycles. The topological polar surface area (TPSA) is 53.8 Å². The third-order valence-electron chi connectivity index (χ3n) is 3.05. The molecule has 1 atom stereocenters. The van der Waals surface area contributed by atoms with Crippen LogP contribution in [0.4, 0.5) is 0 Å². The van der Waals surface area contributed by atoms with Crippen molar-refractivity contribution >= 4 is 40.7 Å². The molecule has 0 N–H and O–H groups in total. The van der Waals surface area contributed by atoms with Gasteiger partial charge in [0.25, 0.3) is 0 Å². The standard InChI is InChI=1S/C13H12Cl2N2OS/c1-7-11(8(2)18)3-9(5-16)12(17-7)19-6-10-4-13(10,14)15/h3,10H,4,6H2,1-2H3/t10-/m0/s1. The number of alkyl halides is 2. The predicted molar refractivity (Wildman–Crippen MR) is 77.0 cm³/mol. The fourth-order valence-electron chi connectivity index (χ4n) is 1.76. The van der Waals surface area contributed by atoms with Gasteiger partial charge in [-0.25, -0.2) is 4.98 Å². The lowest BCUT2D eigenvalue weighted by molar-refractivity contribution is 0.101. The lowest BCUT2D eigenvalue weighted by Crippen LogP contribution is -2.03. The van der Waals surface area contributed by atoms with E-state index in [0.717, 1.165) is 12.2 Å². The highest BCUT2D eigenvalue weighted by molar-refractivity contribution is 7.99. The first-order valence-corrected chi connectivity index (χ1v) is 7.52. The van der Waals surface area contributed by atoms with Gasteiger partial charge in [-0.05, 0) is 26.3 Å². The van der Waals surface area contributed by atoms with E-state index in [4.69, 9.17) is 28.5 Å². The zero-order valence-electron chi connectivity index (χ0n) is 10.5. The van der Waals surface area contributed by atoms with E-state index in [1.54, 1.807) is 13.0 Å². The molecule has 1 fully saturated rings. The predicted octanol–water partition coefficient (Wildman–Crippen LogP) is 3.75. The van der Waals surface area contributed by atoms with Crippen molar-refractivity contribution in [1.29, 1.82) is 5.26 Å². The molecule has 0 aromatic carbocycles. The van der Waals surface area contributed by atoms with Crippen molar-refractivity contribution in [3.05, 3.63) is 22.9 Å². The number of carbonyl (C=O) groups is 1. The summed E-state index contributed by atoms with van der Waals surface area (Å²) in [5.74, 6) is 0.885. The molecule has 19 heavy (non-hydrogen) atoms. The molecular weight excluding hydrogens is 303 g/mol. The molecule has 0 spiro atoms. The van der Waals surface area contributed by atoms with E-state index < -0.39 is 4.33 Å². The first kappa shape index (κ1) is 14.6. The number of pyridine rings is 1. The molecule has 1 aliphatic rings. The highest BCUT2D eigenvalue weighted by Gasteiger charge is 2.51. The van der Waals surface area contributed by atoms with Gasteiger partial charge in [-0.1, -0.05) is 0 Å². The van der Waals surface area contributed by atoms with E-state index in [9.17, 15) is 4.79 Å². The van der Waals surface area contributed by atoms with Gasteiger partial charge in [0.15, 0.2) is 5.78 Å². The maximum Gasteiger partial charge on any atom is 0.161 e. The highest BCUT2D eigenvalue weighted by Crippen LogP contribution is 2.54. The van der Waals surface area contributed by atoms with Gasteiger partial charge in [0.2, 0.25) is 0 Å². The van der Waals surface area contributed by atoms with Gasteiger partial charge in [-0.15, -0.1) is 35.0 Å². The van der Waals surface area contributed by atoms with Crippen LogP contribution < -0.4 is 0 Å². The average Bonchev–Trinajstić information content (AvgIpc) is 2.94. The third-order valence-corrected chi connectivity index (χ3v) is 5.13. The summed E-state index contributed by atoms with van der Waals surface area (Å²) in [7, 11) is 0. The lowest BCUT2D eigenvalue weighted by atomic mass is 10.1. The van der Waals surface area contributed by atoms with Crippen molar-refractivity contribution in [2.24, 2.45) is 5.92 Å². The van der Waals surface area contributed by atoms with Crippen LogP contribution in [0.25, 0.3) is 0 Å². The first-order chi connectivity index (χ1) is 8.85. The minimum Gasteiger partial charge on any atom is -0.294 e. The van der Waals surface area contributed by atoms with Crippen LogP contribution in [0, 0.1) is 24.2 Å². The Morgan fingerprint density at radius 3 is 2.79 bits per heavy atom. The number of nitrogens with zero attached hydrogens (tertiary/aromatic N) is 2. The number of thioether (sulfide) groups is 1. The summed E-state index contributed by atoms with van der Waals surface area (Å²) in [6.07, 6.45) is 0.773. The molecule has 100 valence electrons. The van der Waals surface area contributed by atoms with E-state index in [-0.39, 0.29) is 11.7 Å². The summed E-state index contributed by atoms with van der Waals surface area (Å²) in [5, 5.41) is 9.77. The summed E-state index contributed by atoms with van der Waals surface area (Å²) >= 11 is 13.4. The Kier molecular flexibility index (Phi) is 4.10. The molecule has 0 radical (unpaired) electrons. The Morgan fingerprint density at radius 1 is 1.68 bits per heavy atom. The van der Waals surface area contributed by atoms with Crippen LogP contribution in [0.2, 0.25) is 0 Å². The van der Waals surface area contributed by atoms with Gasteiger partial charge in [0.05, 0.1) is 5.56 Å². The number of carbonyl (C=O) groups excluding carboxylic acids is 1. The summed E-state index contributed by atoms with van der Waals surface area (Å²) < 4.78 is -0.617. The lowest BCUT2D eigenvalue weighted by Gasteiger charge is -2.07. The molecule has 6 heteroatoms. The molecule has 1 aliphatic carbocycles. The van der Waals surface area contributed by atoms with Crippen LogP contribution >= 0.6 is 35.0 Å². The zero-order chi connectivity index (χ0) is 14.2. The second kappa shape index (κ2) is 5.32. The smallest absolute Gasteiger partial charge is 0.161 e. The fraction of sp³-hybridized carbons (Fsp3) is 0.462. The van der Waals surface area contributed by atoms with Crippen LogP contribution in [0.5, 0.6) is 0 Å². The molecule has 0 unspecified atom stereocenters. The maximum atomic E-state index is 11.4. The van der Waals surface area contributed by atoms with Crippen molar-refractivity contribution in [2.75, 3.05) is 5.75 Å². The molecule has 2 rings (SSSR count). The Bertz CT molecular complexity index is 581. The molecule has 0 bridgehead atoms. The van der Waals surface area contributed by atoms with E-state index in [0.29, 0.717) is 21.8 Å². The van der Waals surface area contributed by atoms with Gasteiger partial charge in [0.1, 0.15) is 15.4 Å². The molecule has 1 heterocycles. The van der Waals surface area contributed by atoms with Crippen LogP contribution in [0.1, 0.15) is 35.0 Å². The van der Waals surface area contributed by atoms with Crippen LogP contribution in [0.15, 0.2) is 11.1 Å². The molecule has 3 nitrogen and oxygen atoms in total. The van der Waals surface area contributed by atoms with Gasteiger partial charge in [0, 0.05) is 22.9 Å². The number of halogens is 2. The van der Waals surface area contributed by atoms with Gasteiger partial charge in [-0.2, -0.15) is 5.26 Å². The fourth-order valence-corrected chi connectivity index (χ4v) is 3.69. The molecule has 0 amide bonds. The monoisotopic (exact) mass is 314 g/mol. The van der Waals surface area contributed by atoms with E-state index in [2.05, 4.69) is 11.1 Å². The van der Waals surface area contributed by atoms with E-state index in [1.165, 1.54) is 18.7 Å². The summed E-state index contributed by atoms with van der Waals surface area (Å²) in [5.41, 5.74) is 1.57. The Balaban J connectivity index is 2.19. The number of Topliss-reactive ketones (excluding diaryl/α,β-unsaturated/α-hetero) is 1. The number of hydrogen-bond donors (Lipinski definition) is 0. The Morgan fingerprint density at radius 2 is 2.32 bits per heavy atom. The number of hydrogen-bond acceptors (Lipinski definition) is 4. The van der Waals surface area contributed by atoms with Crippen molar-refractivity contribution < 1.29 is 4.79 Å². The highest BCUT2D eigenvalue weighted by atomic mass is 35.5. The molecule has 0 saturated heterocycles. The van der Waals surface area contributed by atoms with Gasteiger partial charge in [-0.3, -0.25) is 4.79 Å². The van der Waals surface area contributed by atoms with Crippen LogP contribution in [-0.4, -0.2) is 20.9 Å². The Labute approximate surface area is 126 Å². The minimum absolute atomic E-state index is 0.0826. The van der Waals surface area contributed by atoms with E-state index in [1.807, 2.05) is 0 Å². The largest absolute Gasteiger partial charge is 0.294 e. The van der Waals surface area contributed by atoms with Gasteiger partial charge >= 0.3 is 0 Å². The van der Waals surface area contributed by atoms with Crippen molar-refractivity contribution in [3.63, 3.8) is 0 Å². The third kappa shape index (κ3) is 3.22. The number of rotatable bonds is 4. The van der Waals surface area contributed by atoms with Crippen LogP contribution in [-0.2, 0) is 0 Å². The maximum absolute atomic E-state index is 11.4. The van der Waals surface area contributed by atoms with Crippen molar-refractivity contribution in [1.82, 2.24) is 4.98 Å². The van der Waals surface area contributed by atoms with Crippen molar-refractivity contribution in [2.45, 2.75) is 29.6 Å². The second-order valence-electron chi connectivity index (χ2n) is 4.62. The van der Waals surface area contributed by atoms with Gasteiger partial charge < -0.3 is 0 Å².